The topological polar surface area (TPSA) is 16.4 Å². The van der Waals surface area contributed by atoms with E-state index in [0.29, 0.717) is 5.92 Å². The quantitative estimate of drug-likeness (QED) is 0.160. The van der Waals surface area contributed by atoms with Crippen LogP contribution in [0.5, 0.6) is 0 Å². The Bertz CT molecular complexity index is 3430. The molecule has 0 saturated heterocycles. The van der Waals surface area contributed by atoms with Gasteiger partial charge in [0.25, 0.3) is 0 Å². The predicted molar refractivity (Wildman–Crippen MR) is 261 cm³/mol. The Morgan fingerprint density at radius 1 is 0.459 bits per heavy atom. The predicted octanol–water partition coefficient (Wildman–Crippen LogP) is 17.6. The van der Waals surface area contributed by atoms with E-state index in [1.807, 2.05) is 11.3 Å². The average Bonchev–Trinajstić information content (AvgIpc) is 3.91. The Kier molecular flexibility index (Phi) is 8.82. The standard InChI is InChI=1S/C58H43NOS/c1-2-17-38(18-3-1)42-27-13-19-39-20-14-29-48(56(39)42)44-23-4-8-33-52(44)59(41-22-12-21-40(37-41)43-28-15-32-51-47-26-7-11-36-55(47)61-58(43)51)53-34-9-5-24-45(53)49-30-16-31-50-46-25-6-10-35-54(46)60-57(49)50/h4-16,19-38H,1-3,17-18H2. The molecule has 2 aromatic heterocycles. The van der Waals surface area contributed by atoms with Gasteiger partial charge < -0.3 is 9.32 Å². The Labute approximate surface area is 360 Å². The Hall–Kier alpha value is -6.94. The molecule has 0 atom stereocenters. The van der Waals surface area contributed by atoms with E-state index < -0.39 is 0 Å². The molecule has 0 aliphatic heterocycles. The summed E-state index contributed by atoms with van der Waals surface area (Å²) in [4.78, 5) is 2.50. The molecule has 2 heterocycles. The highest BCUT2D eigenvalue weighted by Crippen LogP contribution is 2.50. The van der Waals surface area contributed by atoms with Crippen molar-refractivity contribution in [3.05, 3.63) is 200 Å². The van der Waals surface area contributed by atoms with Crippen molar-refractivity contribution in [1.82, 2.24) is 0 Å². The first-order valence-corrected chi connectivity index (χ1v) is 22.5. The number of fused-ring (bicyclic) bond motifs is 7. The van der Waals surface area contributed by atoms with Crippen LogP contribution in [0.15, 0.2) is 199 Å². The summed E-state index contributed by atoms with van der Waals surface area (Å²) in [5.41, 5.74) is 13.7. The Morgan fingerprint density at radius 3 is 1.90 bits per heavy atom. The molecule has 1 aliphatic carbocycles. The fourth-order valence-corrected chi connectivity index (χ4v) is 11.5. The van der Waals surface area contributed by atoms with Crippen molar-refractivity contribution in [2.24, 2.45) is 0 Å². The molecule has 292 valence electrons. The van der Waals surface area contributed by atoms with Gasteiger partial charge in [0.05, 0.1) is 11.4 Å². The van der Waals surface area contributed by atoms with Crippen LogP contribution in [-0.2, 0) is 0 Å². The van der Waals surface area contributed by atoms with Crippen LogP contribution in [0.1, 0.15) is 43.6 Å². The number of para-hydroxylation sites is 4. The van der Waals surface area contributed by atoms with Crippen LogP contribution in [-0.4, -0.2) is 0 Å². The average molecular weight is 802 g/mol. The zero-order chi connectivity index (χ0) is 40.3. The van der Waals surface area contributed by atoms with Gasteiger partial charge >= 0.3 is 0 Å². The molecule has 0 spiro atoms. The number of furan rings is 1. The summed E-state index contributed by atoms with van der Waals surface area (Å²) >= 11 is 1.88. The summed E-state index contributed by atoms with van der Waals surface area (Å²) in [5, 5.41) is 7.56. The van der Waals surface area contributed by atoms with Crippen LogP contribution < -0.4 is 4.90 Å². The highest BCUT2D eigenvalue weighted by atomic mass is 32.1. The molecular weight excluding hydrogens is 759 g/mol. The van der Waals surface area contributed by atoms with Crippen molar-refractivity contribution in [2.45, 2.75) is 38.0 Å². The highest BCUT2D eigenvalue weighted by molar-refractivity contribution is 7.26. The van der Waals surface area contributed by atoms with Gasteiger partial charge in [0.1, 0.15) is 11.2 Å². The third kappa shape index (κ3) is 6.06. The van der Waals surface area contributed by atoms with Crippen LogP contribution >= 0.6 is 11.3 Å². The van der Waals surface area contributed by atoms with Crippen molar-refractivity contribution in [3.8, 4) is 33.4 Å². The first-order valence-electron chi connectivity index (χ1n) is 21.7. The van der Waals surface area contributed by atoms with Crippen LogP contribution in [0.25, 0.3) is 86.3 Å². The molecule has 1 saturated carbocycles. The molecule has 0 unspecified atom stereocenters. The second-order valence-corrected chi connectivity index (χ2v) is 17.6. The Balaban J connectivity index is 1.12. The number of hydrogen-bond acceptors (Lipinski definition) is 3. The largest absolute Gasteiger partial charge is 0.455 e. The third-order valence-corrected chi connectivity index (χ3v) is 14.3. The lowest BCUT2D eigenvalue weighted by atomic mass is 9.80. The van der Waals surface area contributed by atoms with Gasteiger partial charge in [-0.25, -0.2) is 0 Å². The van der Waals surface area contributed by atoms with Gasteiger partial charge in [-0.15, -0.1) is 11.3 Å². The summed E-state index contributed by atoms with van der Waals surface area (Å²) in [5.74, 6) is 0.570. The lowest BCUT2D eigenvalue weighted by Gasteiger charge is -2.31. The first kappa shape index (κ1) is 36.0. The molecule has 12 rings (SSSR count). The molecule has 0 N–H and O–H groups in total. The zero-order valence-corrected chi connectivity index (χ0v) is 34.7. The molecule has 3 heteroatoms. The van der Waals surface area contributed by atoms with Crippen molar-refractivity contribution in [2.75, 3.05) is 4.90 Å². The highest BCUT2D eigenvalue weighted by Gasteiger charge is 2.25. The maximum Gasteiger partial charge on any atom is 0.143 e. The van der Waals surface area contributed by atoms with E-state index in [-0.39, 0.29) is 0 Å². The number of nitrogens with zero attached hydrogens (tertiary/aromatic N) is 1. The van der Waals surface area contributed by atoms with Crippen molar-refractivity contribution < 1.29 is 4.42 Å². The van der Waals surface area contributed by atoms with Gasteiger partial charge in [-0.1, -0.05) is 177 Å². The molecule has 61 heavy (non-hydrogen) atoms. The van der Waals surface area contributed by atoms with E-state index in [1.165, 1.54) is 90.9 Å². The van der Waals surface area contributed by atoms with E-state index in [1.54, 1.807) is 0 Å². The van der Waals surface area contributed by atoms with Gasteiger partial charge in [0.2, 0.25) is 0 Å². The first-order chi connectivity index (χ1) is 30.3. The van der Waals surface area contributed by atoms with Crippen molar-refractivity contribution in [1.29, 1.82) is 0 Å². The number of rotatable bonds is 7. The van der Waals surface area contributed by atoms with E-state index in [9.17, 15) is 0 Å². The third-order valence-electron chi connectivity index (χ3n) is 13.1. The molecule has 1 aliphatic rings. The number of thiophene rings is 1. The van der Waals surface area contributed by atoms with Crippen LogP contribution in [0.3, 0.4) is 0 Å². The van der Waals surface area contributed by atoms with Gasteiger partial charge in [0.15, 0.2) is 0 Å². The maximum absolute atomic E-state index is 6.72. The van der Waals surface area contributed by atoms with Crippen LogP contribution in [0.4, 0.5) is 17.1 Å². The second-order valence-electron chi connectivity index (χ2n) is 16.6. The molecule has 0 bridgehead atoms. The second kappa shape index (κ2) is 15.0. The van der Waals surface area contributed by atoms with Gasteiger partial charge in [-0.2, -0.15) is 0 Å². The van der Waals surface area contributed by atoms with Crippen molar-refractivity contribution >= 4 is 81.3 Å². The summed E-state index contributed by atoms with van der Waals surface area (Å²) in [6.07, 6.45) is 6.44. The number of benzene rings is 9. The van der Waals surface area contributed by atoms with Crippen LogP contribution in [0, 0.1) is 0 Å². The minimum Gasteiger partial charge on any atom is -0.455 e. The van der Waals surface area contributed by atoms with E-state index in [4.69, 9.17) is 4.42 Å². The zero-order valence-electron chi connectivity index (χ0n) is 33.9. The SMILES string of the molecule is c1cc(-c2cccc3c2sc2ccccc23)cc(N(c2ccccc2-c2cccc3c2oc2ccccc23)c2ccccc2-c2cccc3cccc(C4CCCCC4)c23)c1. The summed E-state index contributed by atoms with van der Waals surface area (Å²) in [6.45, 7) is 0. The lowest BCUT2D eigenvalue weighted by molar-refractivity contribution is 0.445. The fourth-order valence-electron chi connectivity index (χ4n) is 10.3. The maximum atomic E-state index is 6.72. The Morgan fingerprint density at radius 2 is 1.07 bits per heavy atom. The molecule has 11 aromatic rings. The van der Waals surface area contributed by atoms with E-state index in [2.05, 4.69) is 199 Å². The molecule has 2 nitrogen and oxygen atoms in total. The fraction of sp³-hybridized carbons (Fsp3) is 0.103. The van der Waals surface area contributed by atoms with Crippen molar-refractivity contribution in [3.63, 3.8) is 0 Å². The minimum absolute atomic E-state index is 0.570. The van der Waals surface area contributed by atoms with E-state index >= 15 is 0 Å². The minimum atomic E-state index is 0.570. The van der Waals surface area contributed by atoms with Gasteiger partial charge in [-0.05, 0) is 88.2 Å². The normalized spacial score (nSPS) is 13.5. The molecule has 0 amide bonds. The van der Waals surface area contributed by atoms with E-state index in [0.717, 1.165) is 50.1 Å². The molecular formula is C58H43NOS. The summed E-state index contributed by atoms with van der Waals surface area (Å²) in [6, 6.07) is 71.5. The van der Waals surface area contributed by atoms with Crippen LogP contribution in [0.2, 0.25) is 0 Å². The molecule has 9 aromatic carbocycles. The van der Waals surface area contributed by atoms with Gasteiger partial charge in [0, 0.05) is 53.3 Å². The summed E-state index contributed by atoms with van der Waals surface area (Å²) < 4.78 is 9.35. The number of hydrogen-bond donors (Lipinski definition) is 0. The number of anilines is 3. The lowest BCUT2D eigenvalue weighted by Crippen LogP contribution is -2.13. The monoisotopic (exact) mass is 801 g/mol. The molecule has 0 radical (unpaired) electrons. The molecule has 1 fully saturated rings. The summed E-state index contributed by atoms with van der Waals surface area (Å²) in [7, 11) is 0. The van der Waals surface area contributed by atoms with Gasteiger partial charge in [-0.3, -0.25) is 0 Å². The smallest absolute Gasteiger partial charge is 0.143 e.